The quantitative estimate of drug-likeness (QED) is 0.911. The zero-order chi connectivity index (χ0) is 12.5. The zero-order valence-corrected chi connectivity index (χ0v) is 11.9. The van der Waals surface area contributed by atoms with Crippen molar-refractivity contribution in [1.29, 1.82) is 0 Å². The molecule has 5 heteroatoms. The molecule has 0 saturated heterocycles. The molecule has 2 aromatic rings. The molecule has 1 heterocycles. The molecule has 0 amide bonds. The molecule has 1 aliphatic rings. The summed E-state index contributed by atoms with van der Waals surface area (Å²) in [4.78, 5) is 4.39. The average molecular weight is 299 g/mol. The number of benzene rings is 1. The van der Waals surface area contributed by atoms with Crippen molar-refractivity contribution in [3.8, 4) is 0 Å². The molecule has 0 radical (unpaired) electrons. The first-order valence-corrected chi connectivity index (χ1v) is 7.48. The Hall–Kier alpha value is -0.610. The first kappa shape index (κ1) is 12.4. The average Bonchev–Trinajstić information content (AvgIpc) is 3.00. The highest BCUT2D eigenvalue weighted by atomic mass is 35.5. The second-order valence-corrected chi connectivity index (χ2v) is 6.12. The van der Waals surface area contributed by atoms with Crippen LogP contribution in [0.1, 0.15) is 29.5 Å². The highest BCUT2D eigenvalue weighted by Crippen LogP contribution is 2.37. The third kappa shape index (κ3) is 2.54. The Balaban J connectivity index is 2.02. The van der Waals surface area contributed by atoms with E-state index in [4.69, 9.17) is 23.2 Å². The monoisotopic (exact) mass is 298 g/mol. The molecular weight excluding hydrogens is 287 g/mol. The molecule has 18 heavy (non-hydrogen) atoms. The van der Waals surface area contributed by atoms with E-state index in [1.165, 1.54) is 12.8 Å². The number of hydrogen-bond acceptors (Lipinski definition) is 3. The molecule has 0 bridgehead atoms. The molecule has 1 N–H and O–H groups in total. The van der Waals surface area contributed by atoms with E-state index in [0.717, 1.165) is 10.6 Å². The number of hydrogen-bond donors (Lipinski definition) is 1. The summed E-state index contributed by atoms with van der Waals surface area (Å²) >= 11 is 14.2. The second kappa shape index (κ2) is 5.17. The van der Waals surface area contributed by atoms with Gasteiger partial charge in [0.05, 0.1) is 6.04 Å². The van der Waals surface area contributed by atoms with E-state index in [-0.39, 0.29) is 6.04 Å². The molecule has 1 aromatic heterocycles. The lowest BCUT2D eigenvalue weighted by atomic mass is 10.1. The van der Waals surface area contributed by atoms with Gasteiger partial charge in [0, 0.05) is 33.2 Å². The fourth-order valence-electron chi connectivity index (χ4n) is 1.93. The van der Waals surface area contributed by atoms with Crippen LogP contribution in [-0.2, 0) is 0 Å². The van der Waals surface area contributed by atoms with E-state index < -0.39 is 0 Å². The molecule has 3 rings (SSSR count). The number of aromatic nitrogens is 1. The Morgan fingerprint density at radius 3 is 2.56 bits per heavy atom. The number of nitrogens with zero attached hydrogens (tertiary/aromatic N) is 1. The van der Waals surface area contributed by atoms with Crippen LogP contribution in [0.5, 0.6) is 0 Å². The van der Waals surface area contributed by atoms with Crippen molar-refractivity contribution >= 4 is 34.5 Å². The summed E-state index contributed by atoms with van der Waals surface area (Å²) < 4.78 is 0. The number of rotatable bonds is 4. The largest absolute Gasteiger partial charge is 0.301 e. The molecule has 1 fully saturated rings. The summed E-state index contributed by atoms with van der Waals surface area (Å²) in [6.07, 6.45) is 4.24. The number of thiazole rings is 1. The highest BCUT2D eigenvalue weighted by molar-refractivity contribution is 7.09. The second-order valence-electron chi connectivity index (χ2n) is 4.38. The van der Waals surface area contributed by atoms with Gasteiger partial charge in [-0.2, -0.15) is 0 Å². The van der Waals surface area contributed by atoms with Crippen LogP contribution in [0.25, 0.3) is 0 Å². The Bertz CT molecular complexity index is 518. The molecule has 1 aromatic carbocycles. The van der Waals surface area contributed by atoms with Crippen LogP contribution < -0.4 is 5.32 Å². The predicted molar refractivity (Wildman–Crippen MR) is 76.6 cm³/mol. The fraction of sp³-hybridized carbons (Fsp3) is 0.308. The Kier molecular flexibility index (Phi) is 3.57. The third-order valence-corrected chi connectivity index (χ3v) is 4.47. The Morgan fingerprint density at radius 2 is 2.00 bits per heavy atom. The van der Waals surface area contributed by atoms with Crippen LogP contribution in [0.4, 0.5) is 0 Å². The van der Waals surface area contributed by atoms with Crippen molar-refractivity contribution in [1.82, 2.24) is 10.3 Å². The molecule has 0 spiro atoms. The lowest BCUT2D eigenvalue weighted by Gasteiger charge is -2.19. The predicted octanol–water partition coefficient (Wildman–Crippen LogP) is 4.29. The topological polar surface area (TPSA) is 24.9 Å². The van der Waals surface area contributed by atoms with Gasteiger partial charge < -0.3 is 5.32 Å². The van der Waals surface area contributed by atoms with Gasteiger partial charge in [0.25, 0.3) is 0 Å². The van der Waals surface area contributed by atoms with Crippen LogP contribution >= 0.6 is 34.5 Å². The van der Waals surface area contributed by atoms with Crippen LogP contribution in [0, 0.1) is 0 Å². The summed E-state index contributed by atoms with van der Waals surface area (Å²) in [5, 5.41) is 7.94. The lowest BCUT2D eigenvalue weighted by Crippen LogP contribution is -2.25. The van der Waals surface area contributed by atoms with Crippen molar-refractivity contribution in [2.75, 3.05) is 0 Å². The zero-order valence-electron chi connectivity index (χ0n) is 9.57. The van der Waals surface area contributed by atoms with Gasteiger partial charge in [0.2, 0.25) is 0 Å². The fourth-order valence-corrected chi connectivity index (χ4v) is 3.25. The summed E-state index contributed by atoms with van der Waals surface area (Å²) in [6.45, 7) is 0. The van der Waals surface area contributed by atoms with Gasteiger partial charge in [-0.05, 0) is 25.0 Å². The van der Waals surface area contributed by atoms with Crippen molar-refractivity contribution in [3.63, 3.8) is 0 Å². The van der Waals surface area contributed by atoms with Crippen molar-refractivity contribution in [2.24, 2.45) is 0 Å². The minimum atomic E-state index is -0.00120. The summed E-state index contributed by atoms with van der Waals surface area (Å²) in [7, 11) is 0. The number of halogens is 2. The smallest absolute Gasteiger partial charge is 0.114 e. The minimum absolute atomic E-state index is 0.00120. The van der Waals surface area contributed by atoms with E-state index in [0.29, 0.717) is 16.1 Å². The van der Waals surface area contributed by atoms with Crippen molar-refractivity contribution < 1.29 is 0 Å². The molecule has 1 aliphatic carbocycles. The Morgan fingerprint density at radius 1 is 1.28 bits per heavy atom. The van der Waals surface area contributed by atoms with Gasteiger partial charge in [-0.1, -0.05) is 29.3 Å². The lowest BCUT2D eigenvalue weighted by molar-refractivity contribution is 0.598. The molecule has 94 valence electrons. The first-order valence-electron chi connectivity index (χ1n) is 5.85. The molecule has 0 aliphatic heterocycles. The van der Waals surface area contributed by atoms with Crippen molar-refractivity contribution in [3.05, 3.63) is 50.4 Å². The van der Waals surface area contributed by atoms with Crippen LogP contribution in [0.2, 0.25) is 10.0 Å². The summed E-state index contributed by atoms with van der Waals surface area (Å²) in [5.74, 6) is 0. The van der Waals surface area contributed by atoms with Crippen LogP contribution in [-0.4, -0.2) is 11.0 Å². The van der Waals surface area contributed by atoms with E-state index in [1.807, 2.05) is 29.8 Å². The summed E-state index contributed by atoms with van der Waals surface area (Å²) in [6, 6.07) is 6.17. The highest BCUT2D eigenvalue weighted by Gasteiger charge is 2.29. The SMILES string of the molecule is Clc1cccc(Cl)c1C(NC1CC1)c1nccs1. The molecular formula is C13H12Cl2N2S. The molecule has 1 saturated carbocycles. The van der Waals surface area contributed by atoms with E-state index in [2.05, 4.69) is 10.3 Å². The van der Waals surface area contributed by atoms with Crippen LogP contribution in [0.15, 0.2) is 29.8 Å². The first-order chi connectivity index (χ1) is 8.75. The maximum Gasteiger partial charge on any atom is 0.114 e. The van der Waals surface area contributed by atoms with Gasteiger partial charge in [-0.3, -0.25) is 0 Å². The molecule has 2 nitrogen and oxygen atoms in total. The summed E-state index contributed by atoms with van der Waals surface area (Å²) in [5.41, 5.74) is 0.933. The maximum atomic E-state index is 6.30. The van der Waals surface area contributed by atoms with Gasteiger partial charge in [0.15, 0.2) is 0 Å². The van der Waals surface area contributed by atoms with Gasteiger partial charge >= 0.3 is 0 Å². The third-order valence-electron chi connectivity index (χ3n) is 2.97. The van der Waals surface area contributed by atoms with E-state index in [1.54, 1.807) is 11.3 Å². The normalized spacial score (nSPS) is 16.8. The van der Waals surface area contributed by atoms with Crippen molar-refractivity contribution in [2.45, 2.75) is 24.9 Å². The van der Waals surface area contributed by atoms with Crippen LogP contribution in [0.3, 0.4) is 0 Å². The number of nitrogens with one attached hydrogen (secondary N) is 1. The van der Waals surface area contributed by atoms with Gasteiger partial charge in [-0.25, -0.2) is 4.98 Å². The molecule has 1 atom stereocenters. The Labute approximate surface area is 120 Å². The van der Waals surface area contributed by atoms with E-state index in [9.17, 15) is 0 Å². The minimum Gasteiger partial charge on any atom is -0.301 e. The molecule has 1 unspecified atom stereocenters. The standard InChI is InChI=1S/C13H12Cl2N2S/c14-9-2-1-3-10(15)11(9)12(17-8-4-5-8)13-16-6-7-18-13/h1-3,6-8,12,17H,4-5H2. The van der Waals surface area contributed by atoms with Gasteiger partial charge in [0.1, 0.15) is 5.01 Å². The van der Waals surface area contributed by atoms with E-state index >= 15 is 0 Å². The maximum absolute atomic E-state index is 6.30. The van der Waals surface area contributed by atoms with Gasteiger partial charge in [-0.15, -0.1) is 11.3 Å².